The molecule has 1 aliphatic heterocycles. The fourth-order valence-electron chi connectivity index (χ4n) is 1.14. The van der Waals surface area contributed by atoms with Crippen LogP contribution < -0.4 is 0 Å². The number of hydrogen-bond donors (Lipinski definition) is 0. The topological polar surface area (TPSA) is 17.1 Å². The van der Waals surface area contributed by atoms with E-state index in [1.165, 1.54) is 6.42 Å². The molecule has 0 radical (unpaired) electrons. The van der Waals surface area contributed by atoms with E-state index in [1.54, 1.807) is 0 Å². The summed E-state index contributed by atoms with van der Waals surface area (Å²) < 4.78 is 0.111. The lowest BCUT2D eigenvalue weighted by atomic mass is 10.1. The van der Waals surface area contributed by atoms with E-state index in [9.17, 15) is 4.79 Å². The zero-order chi connectivity index (χ0) is 6.74. The number of amides is 1. The van der Waals surface area contributed by atoms with Crippen LogP contribution in [0.5, 0.6) is 0 Å². The molecule has 1 rings (SSSR count). The number of carbonyl (C=O) groups excluding carboxylic acids is 1. The van der Waals surface area contributed by atoms with Crippen molar-refractivity contribution < 1.29 is 8.80 Å². The second kappa shape index (κ2) is 2.67. The van der Waals surface area contributed by atoms with Crippen LogP contribution in [0.4, 0.5) is 0 Å². The molecule has 0 spiro atoms. The van der Waals surface area contributed by atoms with Crippen LogP contribution in [0.3, 0.4) is 0 Å². The molecule has 0 aromatic heterocycles. The summed E-state index contributed by atoms with van der Waals surface area (Å²) in [4.78, 5) is 10.3. The molecule has 0 aromatic rings. The third-order valence-corrected chi connectivity index (χ3v) is 2.17. The highest BCUT2D eigenvalue weighted by Gasteiger charge is 2.27. The third kappa shape index (κ3) is 1.66. The van der Waals surface area contributed by atoms with Crippen LogP contribution in [0.15, 0.2) is 0 Å². The molecule has 1 heterocycles. The summed E-state index contributed by atoms with van der Waals surface area (Å²) in [6.07, 6.45) is 4.23. The molecule has 1 saturated heterocycles. The van der Waals surface area contributed by atoms with Crippen LogP contribution in [0.25, 0.3) is 0 Å². The first-order valence-electron chi connectivity index (χ1n) is 3.30. The fourth-order valence-corrected chi connectivity index (χ4v) is 1.38. The van der Waals surface area contributed by atoms with Gasteiger partial charge in [-0.25, -0.2) is 4.79 Å². The van der Waals surface area contributed by atoms with Gasteiger partial charge < -0.3 is 0 Å². The van der Waals surface area contributed by atoms with Crippen molar-refractivity contribution in [1.29, 1.82) is 0 Å². The van der Waals surface area contributed by atoms with E-state index >= 15 is 0 Å². The predicted octanol–water partition coefficient (Wildman–Crippen LogP) is 1.30. The molecule has 2 nitrogen and oxygen atoms in total. The van der Waals surface area contributed by atoms with Gasteiger partial charge in [0.1, 0.15) is 13.1 Å². The number of rotatable bonds is 1. The number of hydrogen-bond acceptors (Lipinski definition) is 1. The summed E-state index contributed by atoms with van der Waals surface area (Å²) in [7, 11) is 0. The monoisotopic (exact) mass is 148 g/mol. The molecule has 0 aromatic carbocycles. The van der Waals surface area contributed by atoms with Crippen molar-refractivity contribution in [2.24, 2.45) is 0 Å². The van der Waals surface area contributed by atoms with E-state index in [2.05, 4.69) is 0 Å². The smallest absolute Gasteiger partial charge is 0.232 e. The SMILES string of the molecule is O=C[N+]1(Cl)CCCCC1. The lowest BCUT2D eigenvalue weighted by molar-refractivity contribution is -0.733. The maximum atomic E-state index is 10.3. The van der Waals surface area contributed by atoms with Gasteiger partial charge in [-0.3, -0.25) is 0 Å². The summed E-state index contributed by atoms with van der Waals surface area (Å²) in [6.45, 7) is 1.62. The largest absolute Gasteiger partial charge is 0.319 e. The number of piperidine rings is 1. The van der Waals surface area contributed by atoms with E-state index in [0.29, 0.717) is 0 Å². The van der Waals surface area contributed by atoms with Crippen molar-refractivity contribution in [2.75, 3.05) is 13.1 Å². The van der Waals surface area contributed by atoms with Crippen LogP contribution in [-0.2, 0) is 4.79 Å². The van der Waals surface area contributed by atoms with Crippen LogP contribution in [-0.4, -0.2) is 23.5 Å². The molecule has 0 atom stereocenters. The van der Waals surface area contributed by atoms with Crippen LogP contribution >= 0.6 is 11.8 Å². The van der Waals surface area contributed by atoms with Gasteiger partial charge in [-0.2, -0.15) is 4.00 Å². The minimum absolute atomic E-state index is 0.111. The van der Waals surface area contributed by atoms with Gasteiger partial charge in [-0.15, -0.1) is 0 Å². The van der Waals surface area contributed by atoms with Crippen LogP contribution in [0, 0.1) is 0 Å². The molecule has 1 aliphatic rings. The van der Waals surface area contributed by atoms with Gasteiger partial charge in [0.25, 0.3) is 0 Å². The molecular formula is C6H11ClNO+. The molecule has 0 saturated carbocycles. The molecule has 0 bridgehead atoms. The van der Waals surface area contributed by atoms with Gasteiger partial charge in [0.15, 0.2) is 11.8 Å². The first-order chi connectivity index (χ1) is 4.27. The van der Waals surface area contributed by atoms with Crippen molar-refractivity contribution in [2.45, 2.75) is 19.3 Å². The Labute approximate surface area is 60.1 Å². The molecular weight excluding hydrogens is 138 g/mol. The zero-order valence-corrected chi connectivity index (χ0v) is 6.10. The summed E-state index contributed by atoms with van der Waals surface area (Å²) in [5.41, 5.74) is 0. The number of halogens is 1. The van der Waals surface area contributed by atoms with E-state index in [0.717, 1.165) is 32.3 Å². The maximum absolute atomic E-state index is 10.3. The van der Waals surface area contributed by atoms with Crippen molar-refractivity contribution in [3.63, 3.8) is 0 Å². The molecule has 52 valence electrons. The highest BCUT2D eigenvalue weighted by molar-refractivity contribution is 6.09. The van der Waals surface area contributed by atoms with Crippen molar-refractivity contribution >= 4 is 18.2 Å². The Hall–Kier alpha value is -0.0800. The summed E-state index contributed by atoms with van der Waals surface area (Å²) in [5, 5.41) is 0. The molecule has 0 unspecified atom stereocenters. The Balaban J connectivity index is 2.46. The molecule has 0 N–H and O–H groups in total. The van der Waals surface area contributed by atoms with E-state index < -0.39 is 0 Å². The minimum Gasteiger partial charge on any atom is -0.232 e. The first-order valence-corrected chi connectivity index (χ1v) is 3.63. The molecule has 0 aliphatic carbocycles. The standard InChI is InChI=1S/C6H11ClNO/c7-8(6-9)4-2-1-3-5-8/h6H,1-5H2/q+1. The highest BCUT2D eigenvalue weighted by Crippen LogP contribution is 2.18. The number of nitrogens with zero attached hydrogens (tertiary/aromatic N) is 1. The Morgan fingerprint density at radius 3 is 2.11 bits per heavy atom. The lowest BCUT2D eigenvalue weighted by Crippen LogP contribution is -2.41. The molecule has 9 heavy (non-hydrogen) atoms. The molecule has 1 amide bonds. The van der Waals surface area contributed by atoms with Gasteiger partial charge in [0, 0.05) is 0 Å². The van der Waals surface area contributed by atoms with Gasteiger partial charge in [0.05, 0.1) is 0 Å². The van der Waals surface area contributed by atoms with Crippen LogP contribution in [0.1, 0.15) is 19.3 Å². The normalized spacial score (nSPS) is 25.4. The Morgan fingerprint density at radius 2 is 1.78 bits per heavy atom. The predicted molar refractivity (Wildman–Crippen MR) is 35.8 cm³/mol. The highest BCUT2D eigenvalue weighted by atomic mass is 35.5. The van der Waals surface area contributed by atoms with Crippen molar-refractivity contribution in [1.82, 2.24) is 0 Å². The number of carbonyl (C=O) groups is 1. The maximum Gasteiger partial charge on any atom is 0.319 e. The number of quaternary nitrogens is 1. The molecule has 1 fully saturated rings. The minimum atomic E-state index is 0.111. The third-order valence-electron chi connectivity index (χ3n) is 1.75. The first kappa shape index (κ1) is 7.03. The second-order valence-electron chi connectivity index (χ2n) is 2.54. The quantitative estimate of drug-likeness (QED) is 0.405. The van der Waals surface area contributed by atoms with Crippen molar-refractivity contribution in [3.05, 3.63) is 0 Å². The molecule has 3 heteroatoms. The number of likely N-dealkylation sites (tertiary alicyclic amines) is 1. The van der Waals surface area contributed by atoms with E-state index in [1.807, 2.05) is 0 Å². The van der Waals surface area contributed by atoms with Gasteiger partial charge >= 0.3 is 6.41 Å². The summed E-state index contributed by atoms with van der Waals surface area (Å²) in [5.74, 6) is 0. The fraction of sp³-hybridized carbons (Fsp3) is 0.833. The summed E-state index contributed by atoms with van der Waals surface area (Å²) in [6, 6.07) is 0. The average molecular weight is 149 g/mol. The average Bonchev–Trinajstić information content (AvgIpc) is 1.90. The van der Waals surface area contributed by atoms with Gasteiger partial charge in [-0.1, -0.05) is 0 Å². The second-order valence-corrected chi connectivity index (χ2v) is 3.21. The van der Waals surface area contributed by atoms with Crippen LogP contribution in [0.2, 0.25) is 0 Å². The Kier molecular flexibility index (Phi) is 2.09. The van der Waals surface area contributed by atoms with Crippen molar-refractivity contribution in [3.8, 4) is 0 Å². The van der Waals surface area contributed by atoms with E-state index in [-0.39, 0.29) is 4.00 Å². The van der Waals surface area contributed by atoms with Gasteiger partial charge in [0.2, 0.25) is 0 Å². The summed E-state index contributed by atoms with van der Waals surface area (Å²) >= 11 is 5.83. The lowest BCUT2D eigenvalue weighted by Gasteiger charge is -2.25. The zero-order valence-electron chi connectivity index (χ0n) is 5.35. The van der Waals surface area contributed by atoms with E-state index in [4.69, 9.17) is 11.8 Å². The van der Waals surface area contributed by atoms with Gasteiger partial charge in [-0.05, 0) is 19.3 Å². The Bertz CT molecular complexity index is 110. The Morgan fingerprint density at radius 1 is 1.22 bits per heavy atom.